The van der Waals surface area contributed by atoms with Gasteiger partial charge in [-0.2, -0.15) is 0 Å². The largest absolute Gasteiger partial charge is 0.508 e. The molecule has 0 bridgehead atoms. The van der Waals surface area contributed by atoms with E-state index in [1.54, 1.807) is 30.6 Å². The number of fused-ring (bicyclic) bond motifs is 1. The third kappa shape index (κ3) is 8.02. The van der Waals surface area contributed by atoms with Gasteiger partial charge in [0.2, 0.25) is 17.8 Å². The van der Waals surface area contributed by atoms with E-state index in [4.69, 9.17) is 9.47 Å². The number of aromatic nitrogens is 2. The van der Waals surface area contributed by atoms with Crippen LogP contribution in [0.2, 0.25) is 0 Å². The minimum Gasteiger partial charge on any atom is -0.508 e. The Bertz CT molecular complexity index is 2360. The average molecular weight is 779 g/mol. The molecule has 4 aromatic carbocycles. The van der Waals surface area contributed by atoms with Crippen LogP contribution in [0.1, 0.15) is 63.6 Å². The number of benzene rings is 4. The number of aromatic hydroxyl groups is 1. The number of ether oxygens (including phenoxy) is 2. The number of rotatable bonds is 12. The van der Waals surface area contributed by atoms with Gasteiger partial charge in [-0.3, -0.25) is 34.3 Å². The SMILES string of the molecule is CCC(=C(c1ccc(O)cc1)c1ccc(OCCN2CCN(c3ncc(Oc4ccc5c(c4)C(=O)N(C4CCC(=O)NC4=O)C5=O)cn3)CC2)cc1)c1ccccc1. The molecule has 3 aliphatic rings. The van der Waals surface area contributed by atoms with E-state index in [-0.39, 0.29) is 29.7 Å². The molecule has 13 heteroatoms. The van der Waals surface area contributed by atoms with Gasteiger partial charge < -0.3 is 19.5 Å². The van der Waals surface area contributed by atoms with Crippen molar-refractivity contribution in [3.8, 4) is 23.0 Å². The van der Waals surface area contributed by atoms with Crippen LogP contribution in [0.5, 0.6) is 23.0 Å². The van der Waals surface area contributed by atoms with Crippen molar-refractivity contribution in [3.63, 3.8) is 0 Å². The van der Waals surface area contributed by atoms with Crippen LogP contribution in [0.4, 0.5) is 5.95 Å². The van der Waals surface area contributed by atoms with Gasteiger partial charge in [-0.25, -0.2) is 9.97 Å². The number of hydrogen-bond acceptors (Lipinski definition) is 11. The third-order valence-corrected chi connectivity index (χ3v) is 10.7. The Morgan fingerprint density at radius 1 is 0.759 bits per heavy atom. The molecule has 4 heterocycles. The van der Waals surface area contributed by atoms with Gasteiger partial charge in [0.15, 0.2) is 5.75 Å². The van der Waals surface area contributed by atoms with Crippen molar-refractivity contribution in [1.82, 2.24) is 25.1 Å². The second-order valence-corrected chi connectivity index (χ2v) is 14.3. The van der Waals surface area contributed by atoms with Gasteiger partial charge in [0.05, 0.1) is 23.5 Å². The summed E-state index contributed by atoms with van der Waals surface area (Å²) in [6, 6.07) is 29.5. The summed E-state index contributed by atoms with van der Waals surface area (Å²) in [6.45, 7) is 6.61. The van der Waals surface area contributed by atoms with E-state index < -0.39 is 29.7 Å². The molecule has 0 spiro atoms. The first kappa shape index (κ1) is 38.0. The van der Waals surface area contributed by atoms with Crippen molar-refractivity contribution < 1.29 is 33.8 Å². The van der Waals surface area contributed by atoms with Crippen LogP contribution < -0.4 is 19.7 Å². The maximum absolute atomic E-state index is 13.2. The summed E-state index contributed by atoms with van der Waals surface area (Å²) < 4.78 is 12.1. The number of amides is 4. The summed E-state index contributed by atoms with van der Waals surface area (Å²) in [4.78, 5) is 64.6. The second-order valence-electron chi connectivity index (χ2n) is 14.3. The summed E-state index contributed by atoms with van der Waals surface area (Å²) in [7, 11) is 0. The summed E-state index contributed by atoms with van der Waals surface area (Å²) in [5.41, 5.74) is 5.94. The maximum atomic E-state index is 13.2. The highest BCUT2D eigenvalue weighted by atomic mass is 16.5. The van der Waals surface area contributed by atoms with E-state index in [1.807, 2.05) is 30.3 Å². The fraction of sp³-hybridized carbons (Fsp3) is 0.244. The summed E-state index contributed by atoms with van der Waals surface area (Å²) in [5.74, 6) is 0.0282. The van der Waals surface area contributed by atoms with E-state index in [2.05, 4.69) is 68.4 Å². The Hall–Kier alpha value is -6.86. The molecule has 2 N–H and O–H groups in total. The molecule has 1 atom stereocenters. The summed E-state index contributed by atoms with van der Waals surface area (Å²) in [6.07, 6.45) is 4.12. The number of allylic oxidation sites excluding steroid dienone is 1. The Morgan fingerprint density at radius 3 is 2.09 bits per heavy atom. The van der Waals surface area contributed by atoms with Crippen LogP contribution in [-0.2, 0) is 9.59 Å². The average Bonchev–Trinajstić information content (AvgIpc) is 3.49. The van der Waals surface area contributed by atoms with Gasteiger partial charge in [0, 0.05) is 39.1 Å². The highest BCUT2D eigenvalue weighted by molar-refractivity contribution is 6.23. The highest BCUT2D eigenvalue weighted by Gasteiger charge is 2.44. The van der Waals surface area contributed by atoms with Gasteiger partial charge >= 0.3 is 0 Å². The monoisotopic (exact) mass is 778 g/mol. The molecule has 13 nitrogen and oxygen atoms in total. The minimum atomic E-state index is -1.04. The lowest BCUT2D eigenvalue weighted by Crippen LogP contribution is -2.54. The molecule has 0 radical (unpaired) electrons. The number of carbonyl (C=O) groups excluding carboxylic acids is 4. The fourth-order valence-electron chi connectivity index (χ4n) is 7.66. The lowest BCUT2D eigenvalue weighted by atomic mass is 9.88. The molecule has 58 heavy (non-hydrogen) atoms. The molecule has 1 aromatic heterocycles. The standard InChI is InChI=1S/C45H42N6O7/c1-2-36(29-6-4-3-5-7-29)41(30-8-12-32(52)13-9-30)31-10-14-33(15-11-31)57-25-24-49-20-22-50(23-21-49)45-46-27-35(28-47-45)58-34-16-17-37-38(26-34)44(56)51(43(37)55)39-18-19-40(53)48-42(39)54/h3-17,26-28,39,52H,2,18-25H2,1H3,(H,48,53,54). The van der Waals surface area contributed by atoms with Crippen molar-refractivity contribution in [1.29, 1.82) is 0 Å². The minimum absolute atomic E-state index is 0.0512. The molecule has 1 unspecified atom stereocenters. The third-order valence-electron chi connectivity index (χ3n) is 10.7. The number of phenols is 1. The van der Waals surface area contributed by atoms with Gasteiger partial charge in [-0.15, -0.1) is 0 Å². The molecule has 294 valence electrons. The summed E-state index contributed by atoms with van der Waals surface area (Å²) in [5, 5.41) is 12.1. The number of imide groups is 2. The number of phenolic OH excluding ortho intramolecular Hbond substituents is 1. The Morgan fingerprint density at radius 2 is 1.41 bits per heavy atom. The lowest BCUT2D eigenvalue weighted by molar-refractivity contribution is -0.136. The van der Waals surface area contributed by atoms with Crippen LogP contribution in [0.25, 0.3) is 11.1 Å². The smallest absolute Gasteiger partial charge is 0.262 e. The van der Waals surface area contributed by atoms with Crippen molar-refractivity contribution in [3.05, 3.63) is 137 Å². The normalized spacial score (nSPS) is 17.5. The highest BCUT2D eigenvalue weighted by Crippen LogP contribution is 2.36. The van der Waals surface area contributed by atoms with Gasteiger partial charge in [-0.1, -0.05) is 61.5 Å². The molecular formula is C45H42N6O7. The van der Waals surface area contributed by atoms with Crippen molar-refractivity contribution in [2.24, 2.45) is 0 Å². The van der Waals surface area contributed by atoms with E-state index in [9.17, 15) is 24.3 Å². The number of piperazine rings is 1. The molecule has 5 aromatic rings. The zero-order valence-electron chi connectivity index (χ0n) is 32.0. The Kier molecular flexibility index (Phi) is 11.0. The first-order valence-electron chi connectivity index (χ1n) is 19.4. The maximum Gasteiger partial charge on any atom is 0.262 e. The Balaban J connectivity index is 0.828. The predicted octanol–water partition coefficient (Wildman–Crippen LogP) is 5.95. The number of hydrogen-bond donors (Lipinski definition) is 2. The molecular weight excluding hydrogens is 737 g/mol. The molecule has 0 aliphatic carbocycles. The Labute approximate surface area is 335 Å². The van der Waals surface area contributed by atoms with Crippen molar-refractivity contribution in [2.75, 3.05) is 44.2 Å². The van der Waals surface area contributed by atoms with Gasteiger partial charge in [0.1, 0.15) is 29.9 Å². The first-order chi connectivity index (χ1) is 28.2. The molecule has 4 amide bonds. The van der Waals surface area contributed by atoms with Crippen LogP contribution in [0.3, 0.4) is 0 Å². The van der Waals surface area contributed by atoms with Crippen molar-refractivity contribution >= 4 is 40.7 Å². The lowest BCUT2D eigenvalue weighted by Gasteiger charge is -2.34. The zero-order chi connectivity index (χ0) is 40.2. The van der Waals surface area contributed by atoms with Crippen LogP contribution >= 0.6 is 0 Å². The number of nitrogens with zero attached hydrogens (tertiary/aromatic N) is 5. The van der Waals surface area contributed by atoms with Gasteiger partial charge in [0.25, 0.3) is 11.8 Å². The zero-order valence-corrected chi connectivity index (χ0v) is 32.0. The van der Waals surface area contributed by atoms with Crippen molar-refractivity contribution in [2.45, 2.75) is 32.2 Å². The van der Waals surface area contributed by atoms with E-state index in [0.717, 1.165) is 66.5 Å². The number of nitrogens with one attached hydrogen (secondary N) is 1. The number of carbonyl (C=O) groups is 4. The number of piperidine rings is 1. The second kappa shape index (κ2) is 16.7. The molecule has 2 fully saturated rings. The van der Waals surface area contributed by atoms with Crippen LogP contribution in [0, 0.1) is 0 Å². The molecule has 3 aliphatic heterocycles. The quantitative estimate of drug-likeness (QED) is 0.114. The van der Waals surface area contributed by atoms with E-state index >= 15 is 0 Å². The fourth-order valence-corrected chi connectivity index (χ4v) is 7.66. The number of anilines is 1. The van der Waals surface area contributed by atoms with Crippen LogP contribution in [0.15, 0.2) is 109 Å². The van der Waals surface area contributed by atoms with E-state index in [1.165, 1.54) is 23.3 Å². The molecule has 8 rings (SSSR count). The predicted molar refractivity (Wildman–Crippen MR) is 217 cm³/mol. The molecule has 0 saturated carbocycles. The van der Waals surface area contributed by atoms with Gasteiger partial charge in [-0.05, 0) is 83.1 Å². The first-order valence-corrected chi connectivity index (χ1v) is 19.4. The topological polar surface area (TPSA) is 154 Å². The van der Waals surface area contributed by atoms with E-state index in [0.29, 0.717) is 24.1 Å². The molecule has 2 saturated heterocycles. The van der Waals surface area contributed by atoms with Crippen LogP contribution in [-0.4, -0.2) is 93.9 Å². The summed E-state index contributed by atoms with van der Waals surface area (Å²) >= 11 is 0.